The first-order valence-corrected chi connectivity index (χ1v) is 6.75. The van der Waals surface area contributed by atoms with Crippen molar-refractivity contribution in [2.24, 2.45) is 0 Å². The van der Waals surface area contributed by atoms with Crippen molar-refractivity contribution in [3.05, 3.63) is 59.2 Å². The Kier molecular flexibility index (Phi) is 4.35. The normalized spacial score (nSPS) is 11.5. The lowest BCUT2D eigenvalue weighted by molar-refractivity contribution is 0.0175. The van der Waals surface area contributed by atoms with Crippen LogP contribution in [0, 0.1) is 11.6 Å². The van der Waals surface area contributed by atoms with E-state index in [1.807, 2.05) is 0 Å². The molecule has 0 saturated heterocycles. The van der Waals surface area contributed by atoms with Gasteiger partial charge in [-0.3, -0.25) is 4.79 Å². The van der Waals surface area contributed by atoms with Gasteiger partial charge in [-0.05, 0) is 29.3 Å². The van der Waals surface area contributed by atoms with Gasteiger partial charge in [0.05, 0.1) is 5.56 Å². The van der Waals surface area contributed by atoms with Crippen LogP contribution in [0.4, 0.5) is 17.6 Å². The fraction of sp³-hybridized carbons (Fsp3) is 0.235. The average molecular weight is 310 g/mol. The fourth-order valence-electron chi connectivity index (χ4n) is 2.15. The molecule has 116 valence electrons. The van der Waals surface area contributed by atoms with Crippen LogP contribution in [-0.2, 0) is 5.92 Å². The highest BCUT2D eigenvalue weighted by Gasteiger charge is 2.24. The van der Waals surface area contributed by atoms with Gasteiger partial charge in [-0.1, -0.05) is 25.1 Å². The molecular formula is C17H14F4O. The molecule has 0 aromatic heterocycles. The molecule has 0 heterocycles. The van der Waals surface area contributed by atoms with Crippen LogP contribution in [0.1, 0.15) is 36.2 Å². The van der Waals surface area contributed by atoms with Gasteiger partial charge in [0.15, 0.2) is 5.78 Å². The summed E-state index contributed by atoms with van der Waals surface area (Å²) in [6.45, 7) is 2.25. The van der Waals surface area contributed by atoms with Crippen molar-refractivity contribution in [3.63, 3.8) is 0 Å². The standard InChI is InChI=1S/C17H14F4O/c1-3-15(22)16-13(18)8-11(9-14(16)19)10-5-4-6-12(7-10)17(2,20)21/h4-9H,3H2,1-2H3. The van der Waals surface area contributed by atoms with Crippen LogP contribution in [-0.4, -0.2) is 5.78 Å². The Bertz CT molecular complexity index is 694. The van der Waals surface area contributed by atoms with Gasteiger partial charge < -0.3 is 0 Å². The van der Waals surface area contributed by atoms with Crippen LogP contribution in [0.25, 0.3) is 11.1 Å². The molecule has 0 bridgehead atoms. The summed E-state index contributed by atoms with van der Waals surface area (Å²) < 4.78 is 54.6. The van der Waals surface area contributed by atoms with Crippen LogP contribution >= 0.6 is 0 Å². The van der Waals surface area contributed by atoms with Crippen molar-refractivity contribution >= 4 is 5.78 Å². The van der Waals surface area contributed by atoms with Gasteiger partial charge in [-0.15, -0.1) is 0 Å². The van der Waals surface area contributed by atoms with Gasteiger partial charge in [0.25, 0.3) is 5.92 Å². The van der Waals surface area contributed by atoms with Crippen molar-refractivity contribution in [2.45, 2.75) is 26.2 Å². The summed E-state index contributed by atoms with van der Waals surface area (Å²) in [7, 11) is 0. The third-order valence-electron chi connectivity index (χ3n) is 3.34. The Labute approximate surface area is 125 Å². The minimum Gasteiger partial charge on any atom is -0.294 e. The Morgan fingerprint density at radius 2 is 1.64 bits per heavy atom. The molecule has 0 unspecified atom stereocenters. The smallest absolute Gasteiger partial charge is 0.270 e. The molecule has 0 radical (unpaired) electrons. The Balaban J connectivity index is 2.53. The highest BCUT2D eigenvalue weighted by molar-refractivity contribution is 5.96. The van der Waals surface area contributed by atoms with Crippen molar-refractivity contribution in [1.82, 2.24) is 0 Å². The molecule has 0 N–H and O–H groups in total. The molecule has 0 amide bonds. The van der Waals surface area contributed by atoms with Crippen LogP contribution in [0.3, 0.4) is 0 Å². The van der Waals surface area contributed by atoms with E-state index in [2.05, 4.69) is 0 Å². The summed E-state index contributed by atoms with van der Waals surface area (Å²) >= 11 is 0. The highest BCUT2D eigenvalue weighted by Crippen LogP contribution is 2.31. The Hall–Kier alpha value is -2.17. The van der Waals surface area contributed by atoms with Crippen LogP contribution < -0.4 is 0 Å². The lowest BCUT2D eigenvalue weighted by Crippen LogP contribution is -2.07. The molecule has 0 aliphatic rings. The Morgan fingerprint density at radius 1 is 1.05 bits per heavy atom. The molecule has 0 spiro atoms. The molecule has 0 aliphatic heterocycles. The molecule has 2 rings (SSSR count). The molecule has 0 aliphatic carbocycles. The zero-order valence-electron chi connectivity index (χ0n) is 12.1. The van der Waals surface area contributed by atoms with Gasteiger partial charge in [0, 0.05) is 18.9 Å². The average Bonchev–Trinajstić information content (AvgIpc) is 2.45. The summed E-state index contributed by atoms with van der Waals surface area (Å²) in [5.74, 6) is -5.67. The first kappa shape index (κ1) is 16.2. The molecule has 1 nitrogen and oxygen atoms in total. The number of carbonyl (C=O) groups is 1. The van der Waals surface area contributed by atoms with Gasteiger partial charge in [-0.25, -0.2) is 17.6 Å². The molecule has 0 atom stereocenters. The summed E-state index contributed by atoms with van der Waals surface area (Å²) in [6, 6.07) is 7.26. The molecule has 5 heteroatoms. The summed E-state index contributed by atoms with van der Waals surface area (Å²) in [4.78, 5) is 11.5. The van der Waals surface area contributed by atoms with E-state index in [9.17, 15) is 22.4 Å². The number of hydrogen-bond acceptors (Lipinski definition) is 1. The van der Waals surface area contributed by atoms with E-state index in [0.717, 1.165) is 19.1 Å². The third-order valence-corrected chi connectivity index (χ3v) is 3.34. The maximum atomic E-state index is 14.0. The maximum absolute atomic E-state index is 14.0. The van der Waals surface area contributed by atoms with Crippen LogP contribution in [0.15, 0.2) is 36.4 Å². The number of benzene rings is 2. The zero-order chi connectivity index (χ0) is 16.5. The molecule has 22 heavy (non-hydrogen) atoms. The zero-order valence-corrected chi connectivity index (χ0v) is 12.1. The van der Waals surface area contributed by atoms with E-state index < -0.39 is 28.9 Å². The highest BCUT2D eigenvalue weighted by atomic mass is 19.3. The maximum Gasteiger partial charge on any atom is 0.270 e. The monoisotopic (exact) mass is 310 g/mol. The van der Waals surface area contributed by atoms with E-state index >= 15 is 0 Å². The largest absolute Gasteiger partial charge is 0.294 e. The van der Waals surface area contributed by atoms with Gasteiger partial charge in [0.1, 0.15) is 11.6 Å². The number of carbonyl (C=O) groups excluding carboxylic acids is 1. The summed E-state index contributed by atoms with van der Waals surface area (Å²) in [6.07, 6.45) is -0.0231. The topological polar surface area (TPSA) is 17.1 Å². The predicted molar refractivity (Wildman–Crippen MR) is 76.0 cm³/mol. The van der Waals surface area contributed by atoms with E-state index in [1.165, 1.54) is 31.2 Å². The lowest BCUT2D eigenvalue weighted by atomic mass is 9.98. The van der Waals surface area contributed by atoms with Crippen LogP contribution in [0.2, 0.25) is 0 Å². The number of rotatable bonds is 4. The van der Waals surface area contributed by atoms with Crippen molar-refractivity contribution in [3.8, 4) is 11.1 Å². The number of Topliss-reactive ketones (excluding diaryl/α,β-unsaturated/α-hetero) is 1. The van der Waals surface area contributed by atoms with Crippen molar-refractivity contribution < 1.29 is 22.4 Å². The van der Waals surface area contributed by atoms with Gasteiger partial charge in [0.2, 0.25) is 0 Å². The molecule has 0 fully saturated rings. The SMILES string of the molecule is CCC(=O)c1c(F)cc(-c2cccc(C(C)(F)F)c2)cc1F. The molecule has 2 aromatic rings. The van der Waals surface area contributed by atoms with Gasteiger partial charge >= 0.3 is 0 Å². The quantitative estimate of drug-likeness (QED) is 0.550. The number of hydrogen-bond donors (Lipinski definition) is 0. The summed E-state index contributed by atoms with van der Waals surface area (Å²) in [5, 5.41) is 0. The van der Waals surface area contributed by atoms with E-state index in [1.54, 1.807) is 0 Å². The first-order chi connectivity index (χ1) is 10.2. The minimum absolute atomic E-state index is 0.0231. The van der Waals surface area contributed by atoms with Crippen molar-refractivity contribution in [2.75, 3.05) is 0 Å². The summed E-state index contributed by atoms with van der Waals surface area (Å²) in [5.41, 5.74) is -0.483. The van der Waals surface area contributed by atoms with E-state index in [0.29, 0.717) is 0 Å². The predicted octanol–water partition coefficient (Wildman–Crippen LogP) is 5.34. The number of alkyl halides is 2. The number of halogens is 4. The second-order valence-corrected chi connectivity index (χ2v) is 5.06. The minimum atomic E-state index is -3.05. The second-order valence-electron chi connectivity index (χ2n) is 5.06. The fourth-order valence-corrected chi connectivity index (χ4v) is 2.15. The Morgan fingerprint density at radius 3 is 2.14 bits per heavy atom. The second kappa shape index (κ2) is 5.91. The third kappa shape index (κ3) is 3.18. The lowest BCUT2D eigenvalue weighted by Gasteiger charge is -2.13. The first-order valence-electron chi connectivity index (χ1n) is 6.75. The molecule has 2 aromatic carbocycles. The van der Waals surface area contributed by atoms with E-state index in [4.69, 9.17) is 0 Å². The number of ketones is 1. The van der Waals surface area contributed by atoms with Crippen molar-refractivity contribution in [1.29, 1.82) is 0 Å². The van der Waals surface area contributed by atoms with Crippen LogP contribution in [0.5, 0.6) is 0 Å². The van der Waals surface area contributed by atoms with Gasteiger partial charge in [-0.2, -0.15) is 0 Å². The van der Waals surface area contributed by atoms with E-state index in [-0.39, 0.29) is 23.1 Å². The molecular weight excluding hydrogens is 296 g/mol. The molecule has 0 saturated carbocycles.